The van der Waals surface area contributed by atoms with Crippen LogP contribution in [-0.2, 0) is 4.79 Å². The van der Waals surface area contributed by atoms with E-state index < -0.39 is 5.91 Å². The van der Waals surface area contributed by atoms with Crippen molar-refractivity contribution in [2.75, 3.05) is 11.9 Å². The number of ether oxygens (including phenoxy) is 1. The maximum Gasteiger partial charge on any atom is 0.266 e. The molecular formula is C16H13BrN2O3. The topological polar surface area (TPSA) is 75.3 Å². The largest absolute Gasteiger partial charge is 0.494 e. The molecule has 2 rings (SSSR count). The third-order valence-corrected chi connectivity index (χ3v) is 3.10. The molecule has 0 aliphatic heterocycles. The summed E-state index contributed by atoms with van der Waals surface area (Å²) in [5.74, 6) is 0.640. The van der Waals surface area contributed by atoms with Crippen LogP contribution in [0.15, 0.2) is 51.1 Å². The summed E-state index contributed by atoms with van der Waals surface area (Å²) in [4.78, 5) is 12.1. The number of anilines is 1. The molecule has 0 saturated carbocycles. The van der Waals surface area contributed by atoms with Gasteiger partial charge in [-0.3, -0.25) is 4.79 Å². The monoisotopic (exact) mass is 360 g/mol. The van der Waals surface area contributed by atoms with Crippen molar-refractivity contribution in [1.29, 1.82) is 5.26 Å². The van der Waals surface area contributed by atoms with Crippen LogP contribution in [0, 0.1) is 11.3 Å². The third kappa shape index (κ3) is 4.24. The quantitative estimate of drug-likeness (QED) is 0.646. The molecule has 1 aromatic heterocycles. The zero-order valence-corrected chi connectivity index (χ0v) is 13.4. The summed E-state index contributed by atoms with van der Waals surface area (Å²) in [5.41, 5.74) is 0.533. The molecule has 0 atom stereocenters. The van der Waals surface area contributed by atoms with Crippen molar-refractivity contribution < 1.29 is 13.9 Å². The minimum Gasteiger partial charge on any atom is -0.494 e. The first kappa shape index (κ1) is 15.9. The highest BCUT2D eigenvalue weighted by molar-refractivity contribution is 9.10. The average Bonchev–Trinajstić information content (AvgIpc) is 2.92. The maximum atomic E-state index is 12.1. The fourth-order valence-electron chi connectivity index (χ4n) is 1.70. The number of nitriles is 1. The number of halogens is 1. The normalized spacial score (nSPS) is 10.9. The molecule has 0 spiro atoms. The van der Waals surface area contributed by atoms with Gasteiger partial charge in [0.15, 0.2) is 4.67 Å². The van der Waals surface area contributed by atoms with Crippen molar-refractivity contribution in [3.8, 4) is 11.8 Å². The number of rotatable bonds is 5. The molecule has 6 heteroatoms. The molecule has 0 unspecified atom stereocenters. The second kappa shape index (κ2) is 7.48. The summed E-state index contributed by atoms with van der Waals surface area (Å²) in [5, 5.41) is 11.8. The van der Waals surface area contributed by atoms with E-state index in [-0.39, 0.29) is 5.57 Å². The van der Waals surface area contributed by atoms with E-state index in [1.54, 1.807) is 36.4 Å². The molecule has 0 fully saturated rings. The molecule has 0 bridgehead atoms. The van der Waals surface area contributed by atoms with Crippen LogP contribution in [-0.4, -0.2) is 12.5 Å². The van der Waals surface area contributed by atoms with Crippen molar-refractivity contribution in [1.82, 2.24) is 0 Å². The molecular weight excluding hydrogens is 348 g/mol. The predicted molar refractivity (Wildman–Crippen MR) is 86.2 cm³/mol. The lowest BCUT2D eigenvalue weighted by atomic mass is 10.2. The minimum absolute atomic E-state index is 0.0456. The minimum atomic E-state index is -0.501. The first-order chi connectivity index (χ1) is 10.6. The van der Waals surface area contributed by atoms with E-state index in [0.29, 0.717) is 22.7 Å². The van der Waals surface area contributed by atoms with Crippen molar-refractivity contribution in [3.63, 3.8) is 0 Å². The highest BCUT2D eigenvalue weighted by atomic mass is 79.9. The van der Waals surface area contributed by atoms with Crippen molar-refractivity contribution in [2.45, 2.75) is 6.92 Å². The van der Waals surface area contributed by atoms with Crippen molar-refractivity contribution in [3.05, 3.63) is 52.4 Å². The highest BCUT2D eigenvalue weighted by Gasteiger charge is 2.10. The van der Waals surface area contributed by atoms with Gasteiger partial charge in [-0.15, -0.1) is 0 Å². The van der Waals surface area contributed by atoms with Gasteiger partial charge in [-0.25, -0.2) is 0 Å². The van der Waals surface area contributed by atoms with Gasteiger partial charge in [0, 0.05) is 11.8 Å². The number of hydrogen-bond donors (Lipinski definition) is 1. The lowest BCUT2D eigenvalue weighted by Gasteiger charge is -2.06. The number of nitrogens with one attached hydrogen (secondary N) is 1. The van der Waals surface area contributed by atoms with Crippen molar-refractivity contribution >= 4 is 33.6 Å². The number of hydrogen-bond acceptors (Lipinski definition) is 4. The number of amides is 1. The Bertz CT molecular complexity index is 727. The van der Waals surface area contributed by atoms with Crippen LogP contribution in [0.5, 0.6) is 5.75 Å². The Morgan fingerprint density at radius 3 is 2.64 bits per heavy atom. The van der Waals surface area contributed by atoms with Gasteiger partial charge in [0.1, 0.15) is 23.2 Å². The number of carbonyl (C=O) groups excluding carboxylic acids is 1. The van der Waals surface area contributed by atoms with Gasteiger partial charge in [0.25, 0.3) is 5.91 Å². The lowest BCUT2D eigenvalue weighted by molar-refractivity contribution is -0.112. The van der Waals surface area contributed by atoms with Crippen LogP contribution in [0.25, 0.3) is 6.08 Å². The van der Waals surface area contributed by atoms with E-state index >= 15 is 0 Å². The molecule has 1 heterocycles. The Labute approximate surface area is 136 Å². The van der Waals surface area contributed by atoms with Gasteiger partial charge in [0.2, 0.25) is 0 Å². The van der Waals surface area contributed by atoms with Crippen LogP contribution < -0.4 is 10.1 Å². The molecule has 5 nitrogen and oxygen atoms in total. The molecule has 1 N–H and O–H groups in total. The summed E-state index contributed by atoms with van der Waals surface area (Å²) in [6.07, 6.45) is 1.38. The smallest absolute Gasteiger partial charge is 0.266 e. The summed E-state index contributed by atoms with van der Waals surface area (Å²) in [6.45, 7) is 2.47. The SMILES string of the molecule is CCOc1ccc(NC(=O)/C(C#N)=C\c2ccc(Br)o2)cc1. The standard InChI is InChI=1S/C16H13BrN2O3/c1-2-21-13-5-3-12(4-6-13)19-16(20)11(10-18)9-14-7-8-15(17)22-14/h3-9H,2H2,1H3,(H,19,20)/b11-9-. The summed E-state index contributed by atoms with van der Waals surface area (Å²) >= 11 is 3.16. The Hall–Kier alpha value is -2.52. The predicted octanol–water partition coefficient (Wildman–Crippen LogP) is 3.99. The Morgan fingerprint density at radius 2 is 2.09 bits per heavy atom. The van der Waals surface area contributed by atoms with Crippen LogP contribution >= 0.6 is 15.9 Å². The Morgan fingerprint density at radius 1 is 1.36 bits per heavy atom. The molecule has 1 aromatic carbocycles. The molecule has 112 valence electrons. The van der Waals surface area contributed by atoms with Gasteiger partial charge in [0.05, 0.1) is 6.61 Å². The van der Waals surface area contributed by atoms with Gasteiger partial charge < -0.3 is 14.5 Å². The molecule has 1 amide bonds. The van der Waals surface area contributed by atoms with Gasteiger partial charge in [-0.2, -0.15) is 5.26 Å². The summed E-state index contributed by atoms with van der Waals surface area (Å²) < 4.78 is 11.1. The molecule has 0 radical (unpaired) electrons. The maximum absolute atomic E-state index is 12.1. The second-order valence-corrected chi connectivity index (χ2v) is 5.00. The van der Waals surface area contributed by atoms with E-state index in [4.69, 9.17) is 14.4 Å². The third-order valence-electron chi connectivity index (χ3n) is 2.67. The zero-order valence-electron chi connectivity index (χ0n) is 11.8. The average molecular weight is 361 g/mol. The number of benzene rings is 1. The van der Waals surface area contributed by atoms with Crippen LogP contribution in [0.1, 0.15) is 12.7 Å². The van der Waals surface area contributed by atoms with E-state index in [1.165, 1.54) is 6.08 Å². The van der Waals surface area contributed by atoms with Gasteiger partial charge in [-0.05, 0) is 59.3 Å². The summed E-state index contributed by atoms with van der Waals surface area (Å²) in [6, 6.07) is 12.1. The number of carbonyl (C=O) groups is 1. The molecule has 2 aromatic rings. The van der Waals surface area contributed by atoms with Crippen LogP contribution in [0.3, 0.4) is 0 Å². The van der Waals surface area contributed by atoms with E-state index in [1.807, 2.05) is 13.0 Å². The van der Waals surface area contributed by atoms with E-state index in [2.05, 4.69) is 21.2 Å². The number of nitrogens with zero attached hydrogens (tertiary/aromatic N) is 1. The number of furan rings is 1. The fraction of sp³-hybridized carbons (Fsp3) is 0.125. The van der Waals surface area contributed by atoms with E-state index in [0.717, 1.165) is 5.75 Å². The Balaban J connectivity index is 2.09. The highest BCUT2D eigenvalue weighted by Crippen LogP contribution is 2.19. The van der Waals surface area contributed by atoms with Crippen molar-refractivity contribution in [2.24, 2.45) is 0 Å². The zero-order chi connectivity index (χ0) is 15.9. The molecule has 0 saturated heterocycles. The van der Waals surface area contributed by atoms with Gasteiger partial charge >= 0.3 is 0 Å². The molecule has 22 heavy (non-hydrogen) atoms. The van der Waals surface area contributed by atoms with Gasteiger partial charge in [-0.1, -0.05) is 0 Å². The van der Waals surface area contributed by atoms with Crippen LogP contribution in [0.4, 0.5) is 5.69 Å². The summed E-state index contributed by atoms with van der Waals surface area (Å²) in [7, 11) is 0. The first-order valence-corrected chi connectivity index (χ1v) is 7.33. The van der Waals surface area contributed by atoms with E-state index in [9.17, 15) is 4.79 Å². The molecule has 0 aliphatic carbocycles. The Kier molecular flexibility index (Phi) is 5.39. The fourth-order valence-corrected chi connectivity index (χ4v) is 2.02. The lowest BCUT2D eigenvalue weighted by Crippen LogP contribution is -2.13. The van der Waals surface area contributed by atoms with Crippen LogP contribution in [0.2, 0.25) is 0 Å². The molecule has 0 aliphatic rings. The first-order valence-electron chi connectivity index (χ1n) is 6.53. The second-order valence-electron chi connectivity index (χ2n) is 4.22.